The number of anilines is 1. The van der Waals surface area contributed by atoms with Crippen LogP contribution in [0.15, 0.2) is 121 Å². The van der Waals surface area contributed by atoms with Gasteiger partial charge in [0.15, 0.2) is 17.6 Å². The number of carbonyl (C=O) groups excluding carboxylic acids is 1. The number of aromatic nitrogens is 2. The molecule has 0 aliphatic carbocycles. The van der Waals surface area contributed by atoms with Crippen molar-refractivity contribution in [2.24, 2.45) is 0 Å². The summed E-state index contributed by atoms with van der Waals surface area (Å²) in [6.45, 7) is 7.11. The molecular weight excluding hydrogens is 620 g/mol. The molecule has 1 saturated heterocycles. The molecule has 8 rings (SSSR count). The molecule has 5 nitrogen and oxygen atoms in total. The van der Waals surface area contributed by atoms with E-state index in [0.29, 0.717) is 6.54 Å². The normalized spacial score (nSPS) is 18.7. The van der Waals surface area contributed by atoms with Crippen LogP contribution in [0.4, 0.5) is 5.69 Å². The highest BCUT2D eigenvalue weighted by molar-refractivity contribution is 5.83. The Balaban J connectivity index is 0.00000325. The molecule has 0 radical (unpaired) electrons. The van der Waals surface area contributed by atoms with Gasteiger partial charge in [-0.05, 0) is 58.1 Å². The van der Waals surface area contributed by atoms with Gasteiger partial charge in [0, 0.05) is 31.1 Å². The number of halogens is 1. The number of para-hydroxylation sites is 3. The lowest BCUT2D eigenvalue weighted by atomic mass is 9.81. The predicted molar refractivity (Wildman–Crippen MR) is 176 cm³/mol. The Kier molecular flexibility index (Phi) is 7.49. The molecule has 1 amide bonds. The summed E-state index contributed by atoms with van der Waals surface area (Å²) in [7, 11) is 0. The molecule has 226 valence electrons. The first-order chi connectivity index (χ1) is 21.5. The Bertz CT molecular complexity index is 2040. The minimum Gasteiger partial charge on any atom is -1.00 e. The van der Waals surface area contributed by atoms with E-state index in [2.05, 4.69) is 154 Å². The summed E-state index contributed by atoms with van der Waals surface area (Å²) in [5, 5.41) is 2.50. The number of rotatable bonds is 6. The van der Waals surface area contributed by atoms with E-state index in [0.717, 1.165) is 42.9 Å². The number of likely N-dealkylation sites (tertiary alicyclic amines) is 1. The van der Waals surface area contributed by atoms with Crippen LogP contribution in [-0.4, -0.2) is 28.1 Å². The number of hydrogen-bond acceptors (Lipinski definition) is 2. The third-order valence-electron chi connectivity index (χ3n) is 10.1. The molecular formula is C39H37BrN4O. The minimum atomic E-state index is -0.106. The molecule has 0 spiro atoms. The zero-order valence-corrected chi connectivity index (χ0v) is 27.3. The van der Waals surface area contributed by atoms with E-state index in [4.69, 9.17) is 0 Å². The lowest BCUT2D eigenvalue weighted by Gasteiger charge is -2.37. The second-order valence-electron chi connectivity index (χ2n) is 12.6. The van der Waals surface area contributed by atoms with Crippen molar-refractivity contribution in [1.82, 2.24) is 9.47 Å². The Morgan fingerprint density at radius 2 is 1.53 bits per heavy atom. The molecule has 6 aromatic rings. The van der Waals surface area contributed by atoms with Crippen molar-refractivity contribution in [3.8, 4) is 0 Å². The van der Waals surface area contributed by atoms with Gasteiger partial charge in [-0.2, -0.15) is 0 Å². The molecule has 5 aromatic carbocycles. The fraction of sp³-hybridized carbons (Fsp3) is 0.231. The molecule has 2 aliphatic heterocycles. The lowest BCUT2D eigenvalue weighted by molar-refractivity contribution is -0.669. The monoisotopic (exact) mass is 656 g/mol. The van der Waals surface area contributed by atoms with Crippen molar-refractivity contribution >= 4 is 33.4 Å². The second kappa shape index (κ2) is 11.5. The molecule has 6 heteroatoms. The summed E-state index contributed by atoms with van der Waals surface area (Å²) in [5.74, 6) is 1.26. The summed E-state index contributed by atoms with van der Waals surface area (Å²) in [5.41, 5.74) is 7.25. The van der Waals surface area contributed by atoms with Gasteiger partial charge >= 0.3 is 0 Å². The predicted octanol–water partition coefficient (Wildman–Crippen LogP) is 3.98. The smallest absolute Gasteiger partial charge is 0.266 e. The van der Waals surface area contributed by atoms with Crippen LogP contribution in [0, 0.1) is 6.92 Å². The molecule has 2 unspecified atom stereocenters. The highest BCUT2D eigenvalue weighted by atomic mass is 79.9. The zero-order valence-electron chi connectivity index (χ0n) is 25.7. The van der Waals surface area contributed by atoms with Crippen LogP contribution < -0.4 is 26.4 Å². The van der Waals surface area contributed by atoms with Gasteiger partial charge in [0.2, 0.25) is 0 Å². The first kappa shape index (κ1) is 29.3. The summed E-state index contributed by atoms with van der Waals surface area (Å²) in [4.78, 5) is 19.1. The van der Waals surface area contributed by atoms with Gasteiger partial charge in [0.05, 0.1) is 0 Å². The molecule has 0 saturated carbocycles. The van der Waals surface area contributed by atoms with E-state index in [1.807, 2.05) is 0 Å². The summed E-state index contributed by atoms with van der Waals surface area (Å²) in [6.07, 6.45) is 0.943. The Morgan fingerprint density at radius 1 is 0.822 bits per heavy atom. The van der Waals surface area contributed by atoms with Gasteiger partial charge in [-0.25, -0.2) is 9.13 Å². The van der Waals surface area contributed by atoms with E-state index in [1.165, 1.54) is 33.2 Å². The summed E-state index contributed by atoms with van der Waals surface area (Å²) >= 11 is 0. The van der Waals surface area contributed by atoms with Crippen molar-refractivity contribution in [3.63, 3.8) is 0 Å². The van der Waals surface area contributed by atoms with Crippen LogP contribution in [0.3, 0.4) is 0 Å². The van der Waals surface area contributed by atoms with Crippen molar-refractivity contribution in [1.29, 1.82) is 0 Å². The lowest BCUT2D eigenvalue weighted by Crippen LogP contribution is -3.00. The van der Waals surface area contributed by atoms with E-state index in [1.54, 1.807) is 0 Å². The van der Waals surface area contributed by atoms with Gasteiger partial charge < -0.3 is 26.8 Å². The molecule has 0 N–H and O–H groups in total. The number of fused-ring (bicyclic) bond motifs is 5. The Labute approximate surface area is 275 Å². The highest BCUT2D eigenvalue weighted by Gasteiger charge is 2.55. The van der Waals surface area contributed by atoms with E-state index in [-0.39, 0.29) is 34.5 Å². The van der Waals surface area contributed by atoms with Gasteiger partial charge in [-0.3, -0.25) is 4.79 Å². The minimum absolute atomic E-state index is 0. The molecule has 2 atom stereocenters. The number of imidazole rings is 1. The van der Waals surface area contributed by atoms with Crippen LogP contribution in [0.1, 0.15) is 35.9 Å². The molecule has 0 bridgehead atoms. The van der Waals surface area contributed by atoms with Crippen LogP contribution in [-0.2, 0) is 29.8 Å². The summed E-state index contributed by atoms with van der Waals surface area (Å²) < 4.78 is 4.58. The topological polar surface area (TPSA) is 32.4 Å². The van der Waals surface area contributed by atoms with Gasteiger partial charge in [0.1, 0.15) is 12.7 Å². The van der Waals surface area contributed by atoms with Crippen LogP contribution in [0.2, 0.25) is 0 Å². The maximum absolute atomic E-state index is 14.4. The van der Waals surface area contributed by atoms with E-state index < -0.39 is 0 Å². The highest BCUT2D eigenvalue weighted by Crippen LogP contribution is 2.52. The number of carbonyl (C=O) groups is 1. The number of hydrogen-bond donors (Lipinski definition) is 0. The third-order valence-corrected chi connectivity index (χ3v) is 10.1. The average molecular weight is 658 g/mol. The molecule has 3 heterocycles. The molecule has 1 aromatic heterocycles. The Hall–Kier alpha value is -4.42. The van der Waals surface area contributed by atoms with Crippen molar-refractivity contribution in [2.75, 3.05) is 11.4 Å². The van der Waals surface area contributed by atoms with Gasteiger partial charge in [-0.15, -0.1) is 0 Å². The van der Waals surface area contributed by atoms with Crippen LogP contribution in [0.25, 0.3) is 21.8 Å². The van der Waals surface area contributed by atoms with Crippen molar-refractivity contribution in [2.45, 2.75) is 51.5 Å². The molecule has 2 aliphatic rings. The maximum Gasteiger partial charge on any atom is 0.266 e. The SMILES string of the molecule is Cc1n(CC(=O)N2CCC3(C)c4ccccc4N(Cc4ccccc4)C23)c2ccccc2[n+]1Cc1ccc2ccccc2c1.[Br-]. The second-order valence-corrected chi connectivity index (χ2v) is 12.6. The van der Waals surface area contributed by atoms with Crippen LogP contribution in [0.5, 0.6) is 0 Å². The first-order valence-corrected chi connectivity index (χ1v) is 15.7. The zero-order chi connectivity index (χ0) is 29.8. The quantitative estimate of drug-likeness (QED) is 0.254. The van der Waals surface area contributed by atoms with Gasteiger partial charge in [0.25, 0.3) is 11.7 Å². The van der Waals surface area contributed by atoms with Crippen LogP contribution >= 0.6 is 0 Å². The standard InChI is InChI=1S/C39H37N4O.BrH/c1-28-41(26-30-20-21-31-14-6-7-15-32(31)24-30)35-18-10-11-19-36(35)42(28)27-37(44)40-23-22-39(2)33-16-8-9-17-34(33)43(38(39)40)25-29-12-4-3-5-13-29;/h3-21,24,38H,22-23,25-27H2,1-2H3;1H/q+1;/p-1. The molecule has 45 heavy (non-hydrogen) atoms. The fourth-order valence-corrected chi connectivity index (χ4v) is 7.85. The third kappa shape index (κ3) is 4.83. The van der Waals surface area contributed by atoms with Crippen molar-refractivity contribution < 1.29 is 26.3 Å². The molecule has 1 fully saturated rings. The van der Waals surface area contributed by atoms with Gasteiger partial charge in [-0.1, -0.05) is 104 Å². The maximum atomic E-state index is 14.4. The largest absolute Gasteiger partial charge is 1.00 e. The van der Waals surface area contributed by atoms with E-state index in [9.17, 15) is 4.79 Å². The number of nitrogens with zero attached hydrogens (tertiary/aromatic N) is 4. The average Bonchev–Trinajstić information content (AvgIpc) is 3.63. The first-order valence-electron chi connectivity index (χ1n) is 15.7. The Morgan fingerprint density at radius 3 is 2.38 bits per heavy atom. The number of benzene rings is 5. The van der Waals surface area contributed by atoms with E-state index >= 15 is 0 Å². The van der Waals surface area contributed by atoms with Crippen molar-refractivity contribution in [3.05, 3.63) is 144 Å². The number of amides is 1. The summed E-state index contributed by atoms with van der Waals surface area (Å²) in [6, 6.07) is 43.1. The fourth-order valence-electron chi connectivity index (χ4n) is 7.85.